The number of morpholine rings is 1. The van der Waals surface area contributed by atoms with Crippen LogP contribution in [0.2, 0.25) is 0 Å². The van der Waals surface area contributed by atoms with E-state index in [0.29, 0.717) is 81.1 Å². The number of aromatic nitrogens is 3. The molecule has 4 aromatic rings. The van der Waals surface area contributed by atoms with E-state index in [9.17, 15) is 28.8 Å². The third-order valence-electron chi connectivity index (χ3n) is 13.4. The van der Waals surface area contributed by atoms with Crippen molar-refractivity contribution in [3.63, 3.8) is 0 Å². The zero-order valence-corrected chi connectivity index (χ0v) is 43.2. The van der Waals surface area contributed by atoms with Gasteiger partial charge in [0.15, 0.2) is 28.8 Å². The highest BCUT2D eigenvalue weighted by atomic mass is 16.6. The van der Waals surface area contributed by atoms with Crippen LogP contribution in [-0.4, -0.2) is 112 Å². The van der Waals surface area contributed by atoms with Crippen LogP contribution in [-0.2, 0) is 64.2 Å². The molecule has 2 amide bonds. The van der Waals surface area contributed by atoms with Crippen molar-refractivity contribution in [2.24, 2.45) is 29.6 Å². The summed E-state index contributed by atoms with van der Waals surface area (Å²) in [6.45, 7) is 16.1. The first-order valence-corrected chi connectivity index (χ1v) is 25.6. The number of carbonyl (C=O) groups is 6. The predicted molar refractivity (Wildman–Crippen MR) is 270 cm³/mol. The molecule has 0 unspecified atom stereocenters. The van der Waals surface area contributed by atoms with Crippen LogP contribution >= 0.6 is 0 Å². The van der Waals surface area contributed by atoms with Gasteiger partial charge in [-0.3, -0.25) is 28.8 Å². The number of carbonyl (C=O) groups excluding carboxylic acids is 6. The summed E-state index contributed by atoms with van der Waals surface area (Å²) >= 11 is 0. The minimum absolute atomic E-state index is 0.00705. The van der Waals surface area contributed by atoms with Gasteiger partial charge in [-0.25, -0.2) is 0 Å². The number of benzene rings is 3. The van der Waals surface area contributed by atoms with Gasteiger partial charge in [0.25, 0.3) is 0 Å². The van der Waals surface area contributed by atoms with E-state index in [1.807, 2.05) is 100 Å². The van der Waals surface area contributed by atoms with Gasteiger partial charge in [-0.05, 0) is 80.2 Å². The Morgan fingerprint density at radius 1 is 0.764 bits per heavy atom. The predicted octanol–water partition coefficient (Wildman–Crippen LogP) is 6.74. The van der Waals surface area contributed by atoms with Gasteiger partial charge in [-0.1, -0.05) is 102 Å². The Morgan fingerprint density at radius 3 is 2.00 bits per heavy atom. The molecule has 0 saturated carbocycles. The number of aromatic amines is 1. The first-order chi connectivity index (χ1) is 34.4. The summed E-state index contributed by atoms with van der Waals surface area (Å²) in [7, 11) is 0. The highest BCUT2D eigenvalue weighted by molar-refractivity contribution is 5.98. The summed E-state index contributed by atoms with van der Waals surface area (Å²) in [6.07, 6.45) is 3.23. The number of hydrogen-bond acceptors (Lipinski definition) is 12. The molecule has 388 valence electrons. The number of aryl methyl sites for hydroxylation is 1. The number of nitrogens with zero attached hydrogens (tertiary/aromatic N) is 3. The molecule has 0 bridgehead atoms. The summed E-state index contributed by atoms with van der Waals surface area (Å²) in [5, 5.41) is 16.6. The Bertz CT molecular complexity index is 2420. The van der Waals surface area contributed by atoms with Crippen LogP contribution < -0.4 is 20.1 Å². The first-order valence-electron chi connectivity index (χ1n) is 25.6. The quantitative estimate of drug-likeness (QED) is 0.0224. The fourth-order valence-corrected chi connectivity index (χ4v) is 9.22. The molecule has 0 radical (unpaired) electrons. The number of epoxide rings is 1. The lowest BCUT2D eigenvalue weighted by Gasteiger charge is -2.41. The van der Waals surface area contributed by atoms with E-state index < -0.39 is 47.3 Å². The maximum atomic E-state index is 14.7. The van der Waals surface area contributed by atoms with Crippen LogP contribution in [0.25, 0.3) is 0 Å². The average molecular weight is 992 g/mol. The van der Waals surface area contributed by atoms with Crippen LogP contribution in [0.1, 0.15) is 103 Å². The first kappa shape index (κ1) is 55.2. The van der Waals surface area contributed by atoms with E-state index in [2.05, 4.69) is 26.0 Å². The molecule has 2 aliphatic rings. The van der Waals surface area contributed by atoms with E-state index in [0.717, 1.165) is 16.7 Å². The maximum Gasteiger partial charge on any atom is 0.313 e. The van der Waals surface area contributed by atoms with Crippen LogP contribution in [0, 0.1) is 29.6 Å². The molecule has 6 rings (SSSR count). The highest BCUT2D eigenvalue weighted by Gasteiger charge is 2.50. The summed E-state index contributed by atoms with van der Waals surface area (Å²) in [6, 6.07) is 22.9. The second kappa shape index (κ2) is 26.0. The van der Waals surface area contributed by atoms with Crippen molar-refractivity contribution in [1.82, 2.24) is 26.0 Å². The molecule has 3 N–H and O–H groups in total. The monoisotopic (exact) mass is 992 g/mol. The number of H-pyrrole nitrogens is 1. The average Bonchev–Trinajstić information content (AvgIpc) is 3.88. The van der Waals surface area contributed by atoms with Crippen molar-refractivity contribution < 1.29 is 52.2 Å². The molecule has 72 heavy (non-hydrogen) atoms. The molecule has 2 aliphatic heterocycles. The summed E-state index contributed by atoms with van der Waals surface area (Å²) in [4.78, 5) is 84.4. The number of amides is 2. The van der Waals surface area contributed by atoms with Crippen molar-refractivity contribution in [1.29, 1.82) is 0 Å². The van der Waals surface area contributed by atoms with Crippen LogP contribution in [0.5, 0.6) is 11.5 Å². The molecule has 1 aromatic heterocycles. The minimum Gasteiger partial charge on any atom is -0.483 e. The lowest BCUT2D eigenvalue weighted by molar-refractivity contribution is -0.940. The maximum absolute atomic E-state index is 14.7. The van der Waals surface area contributed by atoms with Gasteiger partial charge in [0, 0.05) is 30.2 Å². The lowest BCUT2D eigenvalue weighted by Crippen LogP contribution is -2.57. The second-order valence-corrected chi connectivity index (χ2v) is 21.1. The number of hydrogen-bond donors (Lipinski definition) is 3. The molecule has 3 aromatic carbocycles. The molecular weight excluding hydrogens is 917 g/mol. The van der Waals surface area contributed by atoms with Crippen LogP contribution in [0.15, 0.2) is 85.1 Å². The molecule has 16 heteroatoms. The van der Waals surface area contributed by atoms with Gasteiger partial charge in [0.1, 0.15) is 44.1 Å². The Labute approximate surface area is 424 Å². The number of esters is 1. The summed E-state index contributed by atoms with van der Waals surface area (Å²) in [5.41, 5.74) is 2.35. The van der Waals surface area contributed by atoms with Gasteiger partial charge in [-0.2, -0.15) is 15.4 Å². The van der Waals surface area contributed by atoms with Gasteiger partial charge in [-0.15, -0.1) is 0 Å². The number of ether oxygens (including phenoxy) is 4. The van der Waals surface area contributed by atoms with Crippen LogP contribution in [0.4, 0.5) is 0 Å². The van der Waals surface area contributed by atoms with Crippen molar-refractivity contribution in [2.45, 2.75) is 124 Å². The van der Waals surface area contributed by atoms with Crippen molar-refractivity contribution >= 4 is 35.1 Å². The molecule has 2 saturated heterocycles. The SMILES string of the molecule is CC(C)C[C@H](NC(=O)[C@H](CCc1ccccc1)CC(=O)C[N+]1(Cc2ccc(OC(=O)C(C)C)c(OCc3cn[nH]n3)c2)CCOCC1)C(=O)C[C@@H](Cc1ccccc1)C(=O)N[C@@H](CC(C)C)C(=O)[C@@]1(C)CO1. The molecule has 16 nitrogen and oxygen atoms in total. The van der Waals surface area contributed by atoms with Gasteiger partial charge >= 0.3 is 5.97 Å². The van der Waals surface area contributed by atoms with Gasteiger partial charge in [0.05, 0.1) is 44.0 Å². The summed E-state index contributed by atoms with van der Waals surface area (Å²) < 4.78 is 23.5. The van der Waals surface area contributed by atoms with E-state index >= 15 is 0 Å². The van der Waals surface area contributed by atoms with E-state index in [-0.39, 0.29) is 73.3 Å². The second-order valence-electron chi connectivity index (χ2n) is 21.1. The Balaban J connectivity index is 1.21. The molecular formula is C56H75N6O10+. The molecule has 0 aliphatic carbocycles. The molecule has 5 atom stereocenters. The van der Waals surface area contributed by atoms with Crippen molar-refractivity contribution in [3.05, 3.63) is 107 Å². The smallest absolute Gasteiger partial charge is 0.313 e. The van der Waals surface area contributed by atoms with Gasteiger partial charge < -0.3 is 34.1 Å². The number of quaternary nitrogens is 1. The highest BCUT2D eigenvalue weighted by Crippen LogP contribution is 2.33. The van der Waals surface area contributed by atoms with Crippen LogP contribution in [0.3, 0.4) is 0 Å². The Kier molecular flexibility index (Phi) is 20.0. The standard InChI is InChI=1S/C56H74N6O10/c1-37(2)26-47(49(64)31-44(28-41-16-12-9-13-17-41)54(67)59-48(27-38(3)4)52(65)56(7)36-71-56)58-53(66)43(20-18-40-14-10-8-11-15-40)30-46(63)34-62(22-24-69-25-23-62)33-42-19-21-50(72-55(68)39(5)6)51(29-42)70-35-45-32-57-61-60-45/h8-17,19,21,29,32,37-39,43-44,47-48H,18,20,22-28,30-31,33-36H2,1-7H3,(H2-,57,58,59,60,61,66,67)/p+1/t43-,44-,47+,48+,56-/m1/s1. The summed E-state index contributed by atoms with van der Waals surface area (Å²) in [5.74, 6) is -3.00. The third kappa shape index (κ3) is 16.7. The van der Waals surface area contributed by atoms with E-state index in [1.165, 1.54) is 0 Å². The number of nitrogens with one attached hydrogen (secondary N) is 3. The van der Waals surface area contributed by atoms with Crippen molar-refractivity contribution in [2.75, 3.05) is 39.5 Å². The lowest BCUT2D eigenvalue weighted by atomic mass is 9.87. The fourth-order valence-electron chi connectivity index (χ4n) is 9.22. The van der Waals surface area contributed by atoms with Crippen molar-refractivity contribution in [3.8, 4) is 11.5 Å². The molecule has 2 fully saturated rings. The van der Waals surface area contributed by atoms with E-state index in [4.69, 9.17) is 18.9 Å². The molecule has 3 heterocycles. The third-order valence-corrected chi connectivity index (χ3v) is 13.4. The fraction of sp³-hybridized carbons (Fsp3) is 0.536. The Morgan fingerprint density at radius 2 is 1.39 bits per heavy atom. The Hall–Kier alpha value is -6.10. The number of ketones is 3. The number of rotatable bonds is 29. The minimum atomic E-state index is -0.940. The largest absolute Gasteiger partial charge is 0.483 e. The zero-order chi connectivity index (χ0) is 51.8. The topological polar surface area (TPSA) is 208 Å². The molecule has 0 spiro atoms. The van der Waals surface area contributed by atoms with Gasteiger partial charge in [0.2, 0.25) is 11.8 Å². The van der Waals surface area contributed by atoms with E-state index in [1.54, 1.807) is 33.0 Å². The number of Topliss-reactive ketones (excluding diaryl/α,β-unsaturated/α-hetero) is 3. The normalized spacial score (nSPS) is 17.9. The zero-order valence-electron chi connectivity index (χ0n) is 43.2.